The van der Waals surface area contributed by atoms with Gasteiger partial charge in [0.05, 0.1) is 5.92 Å². The van der Waals surface area contributed by atoms with Gasteiger partial charge in [0.2, 0.25) is 5.91 Å². The largest absolute Gasteiger partial charge is 0.356 e. The average molecular weight is 216 g/mol. The molecule has 1 aliphatic heterocycles. The Kier molecular flexibility index (Phi) is 6.03. The Morgan fingerprint density at radius 2 is 2.50 bits per heavy atom. The highest BCUT2D eigenvalue weighted by atomic mass is 32.2. The zero-order valence-corrected chi connectivity index (χ0v) is 9.66. The molecule has 1 heterocycles. The van der Waals surface area contributed by atoms with Crippen LogP contribution in [0.2, 0.25) is 0 Å². The quantitative estimate of drug-likeness (QED) is 0.670. The van der Waals surface area contributed by atoms with Crippen molar-refractivity contribution in [2.75, 3.05) is 31.6 Å². The summed E-state index contributed by atoms with van der Waals surface area (Å²) in [5.74, 6) is 1.57. The second-order valence-electron chi connectivity index (χ2n) is 3.68. The Hall–Kier alpha value is -0.220. The van der Waals surface area contributed by atoms with E-state index in [4.69, 9.17) is 0 Å². The number of carbonyl (C=O) groups is 1. The molecule has 0 saturated carbocycles. The standard InChI is InChI=1S/C10H20N2OS/c1-14-7-3-6-12-10(13)9-4-2-5-11-8-9/h9,11H,2-8H2,1H3,(H,12,13)/t9-/m1/s1. The SMILES string of the molecule is CSCCCNC(=O)[C@@H]1CCCNC1. The van der Waals surface area contributed by atoms with E-state index in [9.17, 15) is 4.79 Å². The van der Waals surface area contributed by atoms with Crippen molar-refractivity contribution in [2.45, 2.75) is 19.3 Å². The zero-order valence-electron chi connectivity index (χ0n) is 8.84. The monoisotopic (exact) mass is 216 g/mol. The second-order valence-corrected chi connectivity index (χ2v) is 4.67. The molecular weight excluding hydrogens is 196 g/mol. The minimum atomic E-state index is 0.207. The minimum Gasteiger partial charge on any atom is -0.356 e. The molecule has 0 unspecified atom stereocenters. The predicted molar refractivity (Wildman–Crippen MR) is 61.6 cm³/mol. The van der Waals surface area contributed by atoms with Crippen LogP contribution in [0.5, 0.6) is 0 Å². The van der Waals surface area contributed by atoms with Gasteiger partial charge < -0.3 is 10.6 Å². The third-order valence-corrected chi connectivity index (χ3v) is 3.19. The lowest BCUT2D eigenvalue weighted by Gasteiger charge is -2.21. The Bertz CT molecular complexity index is 170. The summed E-state index contributed by atoms with van der Waals surface area (Å²) >= 11 is 1.83. The average Bonchev–Trinajstić information content (AvgIpc) is 2.25. The number of rotatable bonds is 5. The molecule has 0 aromatic rings. The molecular formula is C10H20N2OS. The first-order valence-electron chi connectivity index (χ1n) is 5.32. The number of thioether (sulfide) groups is 1. The molecule has 14 heavy (non-hydrogen) atoms. The molecule has 1 rings (SSSR count). The molecule has 1 saturated heterocycles. The number of piperidine rings is 1. The van der Waals surface area contributed by atoms with Crippen LogP contribution in [0, 0.1) is 5.92 Å². The maximum atomic E-state index is 11.6. The third-order valence-electron chi connectivity index (χ3n) is 2.49. The normalized spacial score (nSPS) is 21.9. The van der Waals surface area contributed by atoms with Crippen LogP contribution in [-0.2, 0) is 4.79 Å². The van der Waals surface area contributed by atoms with Crippen molar-refractivity contribution < 1.29 is 4.79 Å². The first kappa shape index (κ1) is 11.9. The molecule has 3 nitrogen and oxygen atoms in total. The zero-order chi connectivity index (χ0) is 10.2. The van der Waals surface area contributed by atoms with Gasteiger partial charge in [-0.15, -0.1) is 0 Å². The van der Waals surface area contributed by atoms with Crippen LogP contribution in [-0.4, -0.2) is 37.6 Å². The van der Waals surface area contributed by atoms with Gasteiger partial charge in [-0.25, -0.2) is 0 Å². The van der Waals surface area contributed by atoms with Crippen molar-refractivity contribution in [3.8, 4) is 0 Å². The molecule has 2 N–H and O–H groups in total. The lowest BCUT2D eigenvalue weighted by atomic mass is 9.99. The van der Waals surface area contributed by atoms with Crippen molar-refractivity contribution in [1.82, 2.24) is 10.6 Å². The summed E-state index contributed by atoms with van der Waals surface area (Å²) in [6, 6.07) is 0. The van der Waals surface area contributed by atoms with E-state index < -0.39 is 0 Å². The number of amides is 1. The molecule has 1 fully saturated rings. The molecule has 1 amide bonds. The van der Waals surface area contributed by atoms with Crippen molar-refractivity contribution >= 4 is 17.7 Å². The summed E-state index contributed by atoms with van der Waals surface area (Å²) in [5.41, 5.74) is 0. The Morgan fingerprint density at radius 1 is 1.64 bits per heavy atom. The van der Waals surface area contributed by atoms with Crippen molar-refractivity contribution in [2.24, 2.45) is 5.92 Å². The topological polar surface area (TPSA) is 41.1 Å². The number of nitrogens with one attached hydrogen (secondary N) is 2. The molecule has 1 atom stereocenters. The van der Waals surface area contributed by atoms with Crippen LogP contribution in [0.15, 0.2) is 0 Å². The van der Waals surface area contributed by atoms with Gasteiger partial charge in [0.1, 0.15) is 0 Å². The first-order valence-corrected chi connectivity index (χ1v) is 6.71. The van der Waals surface area contributed by atoms with E-state index in [1.54, 1.807) is 0 Å². The van der Waals surface area contributed by atoms with Crippen LogP contribution < -0.4 is 10.6 Å². The summed E-state index contributed by atoms with van der Waals surface area (Å²) in [7, 11) is 0. The van der Waals surface area contributed by atoms with Gasteiger partial charge in [0, 0.05) is 13.1 Å². The molecule has 0 radical (unpaired) electrons. The van der Waals surface area contributed by atoms with Crippen molar-refractivity contribution in [3.05, 3.63) is 0 Å². The van der Waals surface area contributed by atoms with Gasteiger partial charge in [0.15, 0.2) is 0 Å². The lowest BCUT2D eigenvalue weighted by molar-refractivity contribution is -0.125. The number of hydrogen-bond donors (Lipinski definition) is 2. The molecule has 0 aliphatic carbocycles. The summed E-state index contributed by atoms with van der Waals surface area (Å²) < 4.78 is 0. The molecule has 0 aromatic carbocycles. The fourth-order valence-electron chi connectivity index (χ4n) is 1.65. The fourth-order valence-corrected chi connectivity index (χ4v) is 2.08. The van der Waals surface area contributed by atoms with E-state index in [1.165, 1.54) is 0 Å². The van der Waals surface area contributed by atoms with Crippen LogP contribution in [0.25, 0.3) is 0 Å². The molecule has 82 valence electrons. The Balaban J connectivity index is 2.07. The van der Waals surface area contributed by atoms with Gasteiger partial charge in [-0.2, -0.15) is 11.8 Å². The van der Waals surface area contributed by atoms with Crippen molar-refractivity contribution in [1.29, 1.82) is 0 Å². The molecule has 0 bridgehead atoms. The van der Waals surface area contributed by atoms with E-state index >= 15 is 0 Å². The summed E-state index contributed by atoms with van der Waals surface area (Å²) in [5, 5.41) is 6.25. The maximum Gasteiger partial charge on any atom is 0.224 e. The van der Waals surface area contributed by atoms with E-state index in [2.05, 4.69) is 16.9 Å². The summed E-state index contributed by atoms with van der Waals surface area (Å²) in [6.45, 7) is 2.75. The fraction of sp³-hybridized carbons (Fsp3) is 0.900. The Labute approximate surface area is 90.4 Å². The van der Waals surface area contributed by atoms with E-state index in [-0.39, 0.29) is 11.8 Å². The molecule has 0 spiro atoms. The maximum absolute atomic E-state index is 11.6. The predicted octanol–water partition coefficient (Wildman–Crippen LogP) is 0.855. The smallest absolute Gasteiger partial charge is 0.224 e. The lowest BCUT2D eigenvalue weighted by Crippen LogP contribution is -2.40. The molecule has 4 heteroatoms. The van der Waals surface area contributed by atoms with Crippen LogP contribution in [0.4, 0.5) is 0 Å². The van der Waals surface area contributed by atoms with E-state index in [0.29, 0.717) is 0 Å². The van der Waals surface area contributed by atoms with Gasteiger partial charge in [0.25, 0.3) is 0 Å². The summed E-state index contributed by atoms with van der Waals surface area (Å²) in [6.07, 6.45) is 5.34. The highest BCUT2D eigenvalue weighted by molar-refractivity contribution is 7.98. The van der Waals surface area contributed by atoms with Crippen LogP contribution in [0.3, 0.4) is 0 Å². The second kappa shape index (κ2) is 7.12. The first-order chi connectivity index (χ1) is 6.84. The molecule has 0 aromatic heterocycles. The highest BCUT2D eigenvalue weighted by Crippen LogP contribution is 2.09. The summed E-state index contributed by atoms with van der Waals surface area (Å²) in [4.78, 5) is 11.6. The van der Waals surface area contributed by atoms with Crippen LogP contribution in [0.1, 0.15) is 19.3 Å². The van der Waals surface area contributed by atoms with Gasteiger partial charge in [-0.1, -0.05) is 0 Å². The third kappa shape index (κ3) is 4.33. The van der Waals surface area contributed by atoms with E-state index in [1.807, 2.05) is 11.8 Å². The van der Waals surface area contributed by atoms with Gasteiger partial charge in [-0.05, 0) is 37.8 Å². The van der Waals surface area contributed by atoms with Gasteiger partial charge in [-0.3, -0.25) is 4.79 Å². The molecule has 1 aliphatic rings. The number of hydrogen-bond acceptors (Lipinski definition) is 3. The highest BCUT2D eigenvalue weighted by Gasteiger charge is 2.19. The number of carbonyl (C=O) groups excluding carboxylic acids is 1. The Morgan fingerprint density at radius 3 is 3.14 bits per heavy atom. The van der Waals surface area contributed by atoms with E-state index in [0.717, 1.165) is 44.6 Å². The van der Waals surface area contributed by atoms with Crippen molar-refractivity contribution in [3.63, 3.8) is 0 Å². The van der Waals surface area contributed by atoms with Gasteiger partial charge >= 0.3 is 0 Å². The minimum absolute atomic E-state index is 0.207. The van der Waals surface area contributed by atoms with Crippen LogP contribution >= 0.6 is 11.8 Å².